The maximum absolute atomic E-state index is 5.91. The molecule has 4 nitrogen and oxygen atoms in total. The Bertz CT molecular complexity index is 664. The molecule has 1 fully saturated rings. The summed E-state index contributed by atoms with van der Waals surface area (Å²) in [6.07, 6.45) is 15.4. The van der Waals surface area contributed by atoms with Crippen LogP contribution in [0.2, 0.25) is 5.02 Å². The van der Waals surface area contributed by atoms with Gasteiger partial charge in [0.2, 0.25) is 0 Å². The number of hydrogen-bond acceptors (Lipinski definition) is 4. The number of allylic oxidation sites excluding steroid dienone is 2. The van der Waals surface area contributed by atoms with Gasteiger partial charge in [0.05, 0.1) is 0 Å². The van der Waals surface area contributed by atoms with Gasteiger partial charge < -0.3 is 15.5 Å². The van der Waals surface area contributed by atoms with Gasteiger partial charge in [0.15, 0.2) is 0 Å². The molecule has 1 saturated carbocycles. The molecule has 0 radical (unpaired) electrons. The van der Waals surface area contributed by atoms with E-state index in [0.717, 1.165) is 29.0 Å². The molecule has 1 aliphatic rings. The van der Waals surface area contributed by atoms with Gasteiger partial charge in [-0.15, -0.1) is 41.4 Å². The molecule has 1 aromatic carbocycles. The molecule has 0 unspecified atom stereocenters. The Morgan fingerprint density at radius 1 is 1.09 bits per heavy atom. The van der Waals surface area contributed by atoms with Crippen LogP contribution in [0, 0.1) is 37.2 Å². The number of nitrogens with two attached hydrogens (primary N) is 1. The van der Waals surface area contributed by atoms with Gasteiger partial charge in [0.25, 0.3) is 0 Å². The van der Waals surface area contributed by atoms with Crippen LogP contribution in [0.25, 0.3) is 0 Å². The summed E-state index contributed by atoms with van der Waals surface area (Å²) >= 11 is 5.91. The van der Waals surface area contributed by atoms with Crippen molar-refractivity contribution in [2.24, 2.45) is 15.7 Å². The summed E-state index contributed by atoms with van der Waals surface area (Å²) < 4.78 is 4.25. The first-order valence-electron chi connectivity index (χ1n) is 11.7. The molecule has 1 aliphatic carbocycles. The number of benzene rings is 1. The second-order valence-electron chi connectivity index (χ2n) is 7.14. The fourth-order valence-electron chi connectivity index (χ4n) is 2.65. The Morgan fingerprint density at radius 3 is 2.00 bits per heavy atom. The average Bonchev–Trinajstić information content (AvgIpc) is 2.81. The first-order valence-corrected chi connectivity index (χ1v) is 12.1. The summed E-state index contributed by atoms with van der Waals surface area (Å²) in [6, 6.07) is 8.61. The normalized spacial score (nSPS) is 14.0. The summed E-state index contributed by atoms with van der Waals surface area (Å²) in [6.45, 7) is 10.4. The van der Waals surface area contributed by atoms with Crippen LogP contribution in [0.3, 0.4) is 0 Å². The first-order chi connectivity index (χ1) is 15.5. The van der Waals surface area contributed by atoms with E-state index in [0.29, 0.717) is 11.6 Å². The van der Waals surface area contributed by atoms with Crippen molar-refractivity contribution in [1.29, 1.82) is 0 Å². The topological polar surface area (TPSA) is 60.0 Å². The molecular weight excluding hydrogens is 656 g/mol. The zero-order valence-electron chi connectivity index (χ0n) is 21.9. The third-order valence-corrected chi connectivity index (χ3v) is 4.36. The third kappa shape index (κ3) is 22.7. The summed E-state index contributed by atoms with van der Waals surface area (Å²) in [7, 11) is 3.25. The molecule has 2 rings (SSSR count). The summed E-state index contributed by atoms with van der Waals surface area (Å²) in [4.78, 5) is 8.84. The smallest absolute Gasteiger partial charge is 0.0489 e. The monoisotopic (exact) mass is 700 g/mol. The van der Waals surface area contributed by atoms with E-state index in [1.807, 2.05) is 65.2 Å². The predicted octanol–water partition coefficient (Wildman–Crippen LogP) is 7.81. The van der Waals surface area contributed by atoms with Crippen LogP contribution >= 0.6 is 11.6 Å². The Labute approximate surface area is 232 Å². The van der Waals surface area contributed by atoms with Crippen molar-refractivity contribution in [2.75, 3.05) is 20.8 Å². The standard InChI is InChI=1S/C17H21ClN3.C6H12.C2H6O.C2H6.U/c1-4-10-20-12-13(2)17(21-11-9-14(3)19)15-5-7-16(18)8-6-15;1-2-4-6-5-3-1;1-3-2;1-2;/h5,7-10,12H,4,11,19H2,1-3H3;1-6H2;1-2H3;1-2H3;/q-1;;;;/b13-12+,14-9+,20-10?,21-17?;;;;. The zero-order chi connectivity index (χ0) is 24.6. The van der Waals surface area contributed by atoms with Crippen LogP contribution in [0.15, 0.2) is 51.7 Å². The fourth-order valence-corrected chi connectivity index (χ4v) is 2.77. The molecule has 0 aromatic heterocycles. The van der Waals surface area contributed by atoms with Crippen LogP contribution in [-0.4, -0.2) is 32.7 Å². The molecule has 186 valence electrons. The molecule has 1 aromatic rings. The van der Waals surface area contributed by atoms with Crippen molar-refractivity contribution >= 4 is 23.5 Å². The van der Waals surface area contributed by atoms with E-state index < -0.39 is 0 Å². The molecule has 0 amide bonds. The van der Waals surface area contributed by atoms with Gasteiger partial charge in [0, 0.05) is 70.0 Å². The SMILES string of the molecule is C1CCCCC1.CC.CCC=N/C=C(\C)C(=NC/C=C(\C)N)c1[c-]cc(Cl)cc1.COC.[U]. The van der Waals surface area contributed by atoms with Crippen molar-refractivity contribution in [3.63, 3.8) is 0 Å². The van der Waals surface area contributed by atoms with E-state index in [9.17, 15) is 0 Å². The van der Waals surface area contributed by atoms with Gasteiger partial charge in [-0.25, -0.2) is 0 Å². The van der Waals surface area contributed by atoms with Crippen LogP contribution in [0.4, 0.5) is 0 Å². The largest absolute Gasteiger partial charge is 0.402 e. The molecular formula is C27H45ClN3OU-. The van der Waals surface area contributed by atoms with Crippen molar-refractivity contribution in [3.05, 3.63) is 58.4 Å². The Morgan fingerprint density at radius 2 is 1.61 bits per heavy atom. The van der Waals surface area contributed by atoms with E-state index in [2.05, 4.69) is 20.8 Å². The van der Waals surface area contributed by atoms with E-state index in [4.69, 9.17) is 17.3 Å². The number of rotatable bonds is 6. The van der Waals surface area contributed by atoms with E-state index in [1.54, 1.807) is 20.3 Å². The summed E-state index contributed by atoms with van der Waals surface area (Å²) in [5, 5.41) is 0.654. The number of nitrogens with zero attached hydrogens (tertiary/aromatic N) is 2. The van der Waals surface area contributed by atoms with Crippen molar-refractivity contribution in [2.45, 2.75) is 79.6 Å². The summed E-state index contributed by atoms with van der Waals surface area (Å²) in [5.74, 6) is 0. The number of hydrogen-bond donors (Lipinski definition) is 1. The quantitative estimate of drug-likeness (QED) is 0.243. The van der Waals surface area contributed by atoms with Gasteiger partial charge in [-0.05, 0) is 42.7 Å². The van der Waals surface area contributed by atoms with Crippen molar-refractivity contribution in [1.82, 2.24) is 0 Å². The number of methoxy groups -OCH3 is 1. The van der Waals surface area contributed by atoms with Gasteiger partial charge in [-0.1, -0.05) is 59.3 Å². The van der Waals surface area contributed by atoms with Crippen LogP contribution in [0.1, 0.15) is 85.1 Å². The number of halogens is 1. The van der Waals surface area contributed by atoms with Gasteiger partial charge in [-0.2, -0.15) is 0 Å². The maximum atomic E-state index is 5.91. The zero-order valence-corrected chi connectivity index (χ0v) is 26.8. The Kier molecular flexibility index (Phi) is 30.5. The first kappa shape index (κ1) is 36.7. The second-order valence-corrected chi connectivity index (χ2v) is 7.58. The molecule has 33 heavy (non-hydrogen) atoms. The molecule has 0 saturated heterocycles. The van der Waals surface area contributed by atoms with Crippen molar-refractivity contribution in [3.8, 4) is 0 Å². The molecule has 0 bridgehead atoms. The molecule has 2 N–H and O–H groups in total. The fraction of sp³-hybridized carbons (Fsp3) is 0.556. The maximum Gasteiger partial charge on any atom is 0.0489 e. The minimum atomic E-state index is 0. The molecule has 0 spiro atoms. The molecule has 0 atom stereocenters. The van der Waals surface area contributed by atoms with Crippen LogP contribution in [0.5, 0.6) is 0 Å². The van der Waals surface area contributed by atoms with Gasteiger partial charge in [-0.3, -0.25) is 4.99 Å². The predicted molar refractivity (Wildman–Crippen MR) is 144 cm³/mol. The van der Waals surface area contributed by atoms with E-state index in [-0.39, 0.29) is 31.1 Å². The second kappa shape index (κ2) is 27.4. The molecule has 0 heterocycles. The molecule has 6 heteroatoms. The average molecular weight is 701 g/mol. The summed E-state index contributed by atoms with van der Waals surface area (Å²) in [5.41, 5.74) is 9.10. The minimum absolute atomic E-state index is 0. The van der Waals surface area contributed by atoms with Crippen molar-refractivity contribution < 1.29 is 35.9 Å². The van der Waals surface area contributed by atoms with Crippen LogP contribution < -0.4 is 5.73 Å². The van der Waals surface area contributed by atoms with Crippen LogP contribution in [-0.2, 0) is 4.74 Å². The minimum Gasteiger partial charge on any atom is -0.402 e. The van der Waals surface area contributed by atoms with Gasteiger partial charge in [0.1, 0.15) is 0 Å². The molecule has 0 aliphatic heterocycles. The van der Waals surface area contributed by atoms with E-state index >= 15 is 0 Å². The number of ether oxygens (including phenoxy) is 1. The van der Waals surface area contributed by atoms with E-state index in [1.165, 1.54) is 38.5 Å². The van der Waals surface area contributed by atoms with Gasteiger partial charge >= 0.3 is 0 Å². The Balaban J connectivity index is -0.000000621. The Hall–Kier alpha value is -0.858. The number of aliphatic imine (C=N–C) groups is 2. The third-order valence-electron chi connectivity index (χ3n) is 4.12.